The third-order valence-corrected chi connectivity index (χ3v) is 4.43. The minimum Gasteiger partial charge on any atom is -0.313 e. The number of amides is 1. The van der Waals surface area contributed by atoms with Crippen LogP contribution < -0.4 is 5.32 Å². The lowest BCUT2D eigenvalue weighted by atomic mass is 10.1. The van der Waals surface area contributed by atoms with Crippen LogP contribution in [-0.4, -0.2) is 15.7 Å². The fraction of sp³-hybridized carbons (Fsp3) is 0.125. The third kappa shape index (κ3) is 3.69. The molecule has 130 valence electrons. The van der Waals surface area contributed by atoms with Gasteiger partial charge in [0.15, 0.2) is 5.69 Å². The Labute approximate surface area is 149 Å². The van der Waals surface area contributed by atoms with E-state index < -0.39 is 23.3 Å². The van der Waals surface area contributed by atoms with Crippen molar-refractivity contribution in [3.63, 3.8) is 0 Å². The van der Waals surface area contributed by atoms with Crippen LogP contribution in [-0.2, 0) is 13.2 Å². The molecule has 0 aliphatic heterocycles. The number of hydrogen-bond donors (Lipinski definition) is 1. The number of hydrogen-bond acceptors (Lipinski definition) is 3. The van der Waals surface area contributed by atoms with E-state index >= 15 is 0 Å². The van der Waals surface area contributed by atoms with Gasteiger partial charge in [-0.25, -0.2) is 0 Å². The predicted octanol–water partition coefficient (Wildman–Crippen LogP) is 5.07. The third-order valence-electron chi connectivity index (χ3n) is 3.37. The van der Waals surface area contributed by atoms with Crippen molar-refractivity contribution in [1.29, 1.82) is 0 Å². The zero-order chi connectivity index (χ0) is 18.2. The molecule has 3 rings (SSSR count). The second-order valence-corrected chi connectivity index (χ2v) is 6.54. The van der Waals surface area contributed by atoms with Gasteiger partial charge in [0.25, 0.3) is 5.91 Å². The molecular weight excluding hydrogens is 375 g/mol. The Bertz CT molecular complexity index is 933. The summed E-state index contributed by atoms with van der Waals surface area (Å²) in [6.07, 6.45) is -3.66. The summed E-state index contributed by atoms with van der Waals surface area (Å²) in [5.41, 5.74) is -0.307. The second-order valence-electron chi connectivity index (χ2n) is 5.19. The van der Waals surface area contributed by atoms with E-state index in [4.69, 9.17) is 11.6 Å². The van der Waals surface area contributed by atoms with Crippen LogP contribution in [0.1, 0.15) is 16.1 Å². The Kier molecular flexibility index (Phi) is 4.57. The van der Waals surface area contributed by atoms with Crippen LogP contribution >= 0.6 is 22.9 Å². The molecule has 0 saturated carbocycles. The van der Waals surface area contributed by atoms with E-state index in [1.54, 1.807) is 35.7 Å². The van der Waals surface area contributed by atoms with Gasteiger partial charge in [0.1, 0.15) is 5.00 Å². The topological polar surface area (TPSA) is 46.9 Å². The van der Waals surface area contributed by atoms with Crippen molar-refractivity contribution in [3.8, 4) is 11.1 Å². The summed E-state index contributed by atoms with van der Waals surface area (Å²) in [7, 11) is 1.33. The molecule has 0 radical (unpaired) electrons. The Morgan fingerprint density at radius 3 is 2.76 bits per heavy atom. The minimum atomic E-state index is -4.71. The maximum absolute atomic E-state index is 13.0. The normalized spacial score (nSPS) is 11.6. The number of nitrogens with one attached hydrogen (secondary N) is 1. The molecule has 2 aromatic heterocycles. The molecule has 0 bridgehead atoms. The molecule has 1 N–H and O–H groups in total. The summed E-state index contributed by atoms with van der Waals surface area (Å²) in [6, 6.07) is 8.74. The molecule has 2 heterocycles. The van der Waals surface area contributed by atoms with Gasteiger partial charge < -0.3 is 5.32 Å². The van der Waals surface area contributed by atoms with E-state index in [0.29, 0.717) is 15.6 Å². The van der Waals surface area contributed by atoms with Crippen LogP contribution in [0.2, 0.25) is 5.02 Å². The number of thiophene rings is 1. The lowest BCUT2D eigenvalue weighted by molar-refractivity contribution is -0.141. The van der Waals surface area contributed by atoms with Gasteiger partial charge in [-0.05, 0) is 29.1 Å². The van der Waals surface area contributed by atoms with Crippen molar-refractivity contribution in [2.75, 3.05) is 5.32 Å². The SMILES string of the molecule is Cn1cc(C(=O)Nc2sccc2-c2cccc(Cl)c2)c(C(F)(F)F)n1. The van der Waals surface area contributed by atoms with Gasteiger partial charge in [-0.15, -0.1) is 11.3 Å². The van der Waals surface area contributed by atoms with E-state index in [2.05, 4.69) is 10.4 Å². The van der Waals surface area contributed by atoms with E-state index in [1.165, 1.54) is 18.4 Å². The largest absolute Gasteiger partial charge is 0.435 e. The van der Waals surface area contributed by atoms with Crippen LogP contribution in [0.15, 0.2) is 41.9 Å². The van der Waals surface area contributed by atoms with E-state index in [1.807, 2.05) is 0 Å². The van der Waals surface area contributed by atoms with Crippen molar-refractivity contribution in [1.82, 2.24) is 9.78 Å². The van der Waals surface area contributed by atoms with Crippen LogP contribution in [0.3, 0.4) is 0 Å². The first kappa shape index (κ1) is 17.5. The van der Waals surface area contributed by atoms with Crippen LogP contribution in [0.4, 0.5) is 18.2 Å². The highest BCUT2D eigenvalue weighted by molar-refractivity contribution is 7.15. The number of halogens is 4. The molecule has 25 heavy (non-hydrogen) atoms. The van der Waals surface area contributed by atoms with Crippen molar-refractivity contribution in [2.24, 2.45) is 7.05 Å². The van der Waals surface area contributed by atoms with Crippen molar-refractivity contribution in [2.45, 2.75) is 6.18 Å². The summed E-state index contributed by atoms with van der Waals surface area (Å²) in [5, 5.41) is 8.57. The summed E-state index contributed by atoms with van der Waals surface area (Å²) in [6.45, 7) is 0. The maximum atomic E-state index is 13.0. The quantitative estimate of drug-likeness (QED) is 0.684. The molecule has 4 nitrogen and oxygen atoms in total. The molecular formula is C16H11ClF3N3OS. The van der Waals surface area contributed by atoms with Gasteiger partial charge in [-0.3, -0.25) is 9.48 Å². The number of nitrogens with zero attached hydrogens (tertiary/aromatic N) is 2. The first-order chi connectivity index (χ1) is 11.8. The Balaban J connectivity index is 1.93. The maximum Gasteiger partial charge on any atom is 0.435 e. The average molecular weight is 386 g/mol. The van der Waals surface area contributed by atoms with Gasteiger partial charge >= 0.3 is 6.18 Å². The van der Waals surface area contributed by atoms with Gasteiger partial charge in [-0.1, -0.05) is 23.7 Å². The van der Waals surface area contributed by atoms with Gasteiger partial charge in [-0.2, -0.15) is 18.3 Å². The highest BCUT2D eigenvalue weighted by Gasteiger charge is 2.39. The van der Waals surface area contributed by atoms with Crippen molar-refractivity contribution >= 4 is 33.8 Å². The first-order valence-electron chi connectivity index (χ1n) is 7.01. The number of rotatable bonds is 3. The van der Waals surface area contributed by atoms with Crippen molar-refractivity contribution < 1.29 is 18.0 Å². The molecule has 1 amide bonds. The number of aryl methyl sites for hydroxylation is 1. The fourth-order valence-corrected chi connectivity index (χ4v) is 3.32. The first-order valence-corrected chi connectivity index (χ1v) is 8.27. The Hall–Kier alpha value is -2.32. The average Bonchev–Trinajstić information content (AvgIpc) is 3.13. The highest BCUT2D eigenvalue weighted by Crippen LogP contribution is 2.36. The number of alkyl halides is 3. The molecule has 0 atom stereocenters. The molecule has 0 fully saturated rings. The van der Waals surface area contributed by atoms with E-state index in [0.717, 1.165) is 16.4 Å². The lowest BCUT2D eigenvalue weighted by Crippen LogP contribution is -2.17. The zero-order valence-corrected chi connectivity index (χ0v) is 14.3. The highest BCUT2D eigenvalue weighted by atomic mass is 35.5. The number of carbonyl (C=O) groups is 1. The summed E-state index contributed by atoms with van der Waals surface area (Å²) >= 11 is 7.18. The number of aromatic nitrogens is 2. The summed E-state index contributed by atoms with van der Waals surface area (Å²) in [4.78, 5) is 12.4. The van der Waals surface area contributed by atoms with Gasteiger partial charge in [0, 0.05) is 23.8 Å². The van der Waals surface area contributed by atoms with Crippen molar-refractivity contribution in [3.05, 3.63) is 58.2 Å². The van der Waals surface area contributed by atoms with Gasteiger partial charge in [0.2, 0.25) is 0 Å². The zero-order valence-electron chi connectivity index (χ0n) is 12.8. The smallest absolute Gasteiger partial charge is 0.313 e. The lowest BCUT2D eigenvalue weighted by Gasteiger charge is -2.08. The van der Waals surface area contributed by atoms with E-state index in [9.17, 15) is 18.0 Å². The van der Waals surface area contributed by atoms with Gasteiger partial charge in [0.05, 0.1) is 5.56 Å². The number of carbonyl (C=O) groups excluding carboxylic acids is 1. The number of anilines is 1. The van der Waals surface area contributed by atoms with Crippen LogP contribution in [0.25, 0.3) is 11.1 Å². The fourth-order valence-electron chi connectivity index (χ4n) is 2.32. The molecule has 0 saturated heterocycles. The molecule has 0 unspecified atom stereocenters. The molecule has 0 aliphatic carbocycles. The number of benzene rings is 1. The Morgan fingerprint density at radius 2 is 2.08 bits per heavy atom. The molecule has 0 spiro atoms. The Morgan fingerprint density at radius 1 is 1.32 bits per heavy atom. The summed E-state index contributed by atoms with van der Waals surface area (Å²) in [5.74, 6) is -0.869. The van der Waals surface area contributed by atoms with E-state index in [-0.39, 0.29) is 0 Å². The molecule has 3 aromatic rings. The molecule has 0 aliphatic rings. The predicted molar refractivity (Wildman–Crippen MR) is 90.9 cm³/mol. The van der Waals surface area contributed by atoms with Crippen LogP contribution in [0, 0.1) is 0 Å². The molecule has 1 aromatic carbocycles. The minimum absolute atomic E-state index is 0.434. The summed E-state index contributed by atoms with van der Waals surface area (Å²) < 4.78 is 40.0. The standard InChI is InChI=1S/C16H11ClF3N3OS/c1-23-8-12(13(22-23)16(18,19)20)14(24)21-15-11(5-6-25-15)9-3-2-4-10(17)7-9/h2-8H,1H3,(H,21,24). The van der Waals surface area contributed by atoms with Crippen LogP contribution in [0.5, 0.6) is 0 Å². The second kappa shape index (κ2) is 6.53. The monoisotopic (exact) mass is 385 g/mol. The molecule has 9 heteroatoms.